The van der Waals surface area contributed by atoms with Crippen LogP contribution >= 0.6 is 0 Å². The van der Waals surface area contributed by atoms with E-state index in [4.69, 9.17) is 4.74 Å². The van der Waals surface area contributed by atoms with E-state index in [0.29, 0.717) is 12.3 Å². The van der Waals surface area contributed by atoms with Gasteiger partial charge in [-0.05, 0) is 64.5 Å². The third kappa shape index (κ3) is 33.4. The van der Waals surface area contributed by atoms with Crippen LogP contribution in [0.25, 0.3) is 0 Å². The van der Waals surface area contributed by atoms with E-state index in [9.17, 15) is 14.7 Å². The van der Waals surface area contributed by atoms with Crippen LogP contribution in [0.2, 0.25) is 6.32 Å². The standard InChI is InChI=1S/C45H89BNO4/c1-5-9-13-25-34-42(32-11-7-3)44(49)46-36-27-21-17-15-18-22-28-37-47(39-31-40-48)38-29-23-19-16-20-24-30-41-51-45(50)43(33-12-8-4)35-26-14-10-6-2/h42-43,48H,5-41H2,1-4H3. The van der Waals surface area contributed by atoms with Crippen molar-refractivity contribution in [1.82, 2.24) is 4.90 Å². The quantitative estimate of drug-likeness (QED) is 0.0387. The lowest BCUT2D eigenvalue weighted by Gasteiger charge is -2.22. The molecule has 2 atom stereocenters. The molecule has 0 aromatic rings. The highest BCUT2D eigenvalue weighted by molar-refractivity contribution is 6.74. The van der Waals surface area contributed by atoms with Crippen molar-refractivity contribution in [1.29, 1.82) is 0 Å². The molecule has 0 heterocycles. The van der Waals surface area contributed by atoms with E-state index in [1.807, 2.05) is 7.28 Å². The summed E-state index contributed by atoms with van der Waals surface area (Å²) >= 11 is 0. The molecular formula is C45H89BNO4. The van der Waals surface area contributed by atoms with Gasteiger partial charge in [0.2, 0.25) is 7.28 Å². The van der Waals surface area contributed by atoms with Crippen LogP contribution in [0.5, 0.6) is 0 Å². The van der Waals surface area contributed by atoms with Gasteiger partial charge >= 0.3 is 5.97 Å². The Kier molecular flexibility index (Phi) is 39.6. The first-order chi connectivity index (χ1) is 25.0. The second kappa shape index (κ2) is 40.3. The molecule has 0 aromatic heterocycles. The van der Waals surface area contributed by atoms with E-state index in [1.54, 1.807) is 0 Å². The average Bonchev–Trinajstić information content (AvgIpc) is 3.14. The molecule has 1 radical (unpaired) electrons. The van der Waals surface area contributed by atoms with Gasteiger partial charge in [-0.1, -0.05) is 182 Å². The largest absolute Gasteiger partial charge is 0.465 e. The smallest absolute Gasteiger partial charge is 0.308 e. The normalized spacial score (nSPS) is 12.7. The van der Waals surface area contributed by atoms with Crippen molar-refractivity contribution < 1.29 is 19.4 Å². The van der Waals surface area contributed by atoms with Gasteiger partial charge in [-0.3, -0.25) is 4.79 Å². The van der Waals surface area contributed by atoms with Crippen molar-refractivity contribution in [2.75, 3.05) is 32.8 Å². The summed E-state index contributed by atoms with van der Waals surface area (Å²) in [7, 11) is 2.03. The van der Waals surface area contributed by atoms with Crippen molar-refractivity contribution >= 4 is 18.9 Å². The second-order valence-electron chi connectivity index (χ2n) is 15.8. The molecule has 0 aliphatic carbocycles. The van der Waals surface area contributed by atoms with Gasteiger partial charge in [0.15, 0.2) is 0 Å². The van der Waals surface area contributed by atoms with Gasteiger partial charge in [-0.15, -0.1) is 0 Å². The van der Waals surface area contributed by atoms with Crippen LogP contribution in [-0.4, -0.2) is 61.8 Å². The molecular weight excluding hydrogens is 629 g/mol. The van der Waals surface area contributed by atoms with Crippen LogP contribution in [0.15, 0.2) is 0 Å². The lowest BCUT2D eigenvalue weighted by Crippen LogP contribution is -2.27. The van der Waals surface area contributed by atoms with Gasteiger partial charge in [0.25, 0.3) is 0 Å². The lowest BCUT2D eigenvalue weighted by molar-refractivity contribution is -0.149. The van der Waals surface area contributed by atoms with E-state index in [1.165, 1.54) is 128 Å². The zero-order chi connectivity index (χ0) is 37.5. The summed E-state index contributed by atoms with van der Waals surface area (Å²) < 4.78 is 5.70. The lowest BCUT2D eigenvalue weighted by atomic mass is 9.62. The fourth-order valence-electron chi connectivity index (χ4n) is 7.36. The number of ether oxygens (including phenoxy) is 1. The molecule has 301 valence electrons. The molecule has 0 spiro atoms. The molecule has 5 nitrogen and oxygen atoms in total. The number of carbonyl (C=O) groups is 2. The van der Waals surface area contributed by atoms with E-state index < -0.39 is 0 Å². The van der Waals surface area contributed by atoms with Gasteiger partial charge in [-0.25, -0.2) is 0 Å². The van der Waals surface area contributed by atoms with Crippen LogP contribution < -0.4 is 0 Å². The Bertz CT molecular complexity index is 679. The molecule has 1 N–H and O–H groups in total. The predicted octanol–water partition coefficient (Wildman–Crippen LogP) is 12.9. The van der Waals surface area contributed by atoms with Gasteiger partial charge < -0.3 is 19.5 Å². The van der Waals surface area contributed by atoms with Crippen molar-refractivity contribution in [2.24, 2.45) is 11.8 Å². The summed E-state index contributed by atoms with van der Waals surface area (Å²) in [5, 5.41) is 9.39. The van der Waals surface area contributed by atoms with Crippen molar-refractivity contribution in [3.05, 3.63) is 0 Å². The molecule has 0 aromatic carbocycles. The third-order valence-corrected chi connectivity index (χ3v) is 10.9. The van der Waals surface area contributed by atoms with E-state index >= 15 is 0 Å². The molecule has 0 saturated heterocycles. The molecule has 0 bridgehead atoms. The van der Waals surface area contributed by atoms with Gasteiger partial charge in [0.1, 0.15) is 0 Å². The maximum absolute atomic E-state index is 12.8. The van der Waals surface area contributed by atoms with Crippen LogP contribution in [-0.2, 0) is 14.3 Å². The summed E-state index contributed by atoms with van der Waals surface area (Å²) in [5.74, 6) is 0.442. The molecule has 0 amide bonds. The van der Waals surface area contributed by atoms with E-state index in [-0.39, 0.29) is 24.4 Å². The van der Waals surface area contributed by atoms with Crippen molar-refractivity contribution in [2.45, 2.75) is 233 Å². The number of unbranched alkanes of at least 4 members (excludes halogenated alkanes) is 20. The highest BCUT2D eigenvalue weighted by Gasteiger charge is 2.19. The number of aliphatic hydroxyl groups is 1. The molecule has 0 aliphatic rings. The number of rotatable bonds is 42. The molecule has 51 heavy (non-hydrogen) atoms. The number of aliphatic hydroxyl groups excluding tert-OH is 1. The van der Waals surface area contributed by atoms with Crippen molar-refractivity contribution in [3.63, 3.8) is 0 Å². The SMILES string of the molecule is CCCCCCC(CCCC)C(=O)[B]CCCCCCCCCN(CCCO)CCCCCCCCCOC(=O)C(CCCC)CCCCCC. The molecule has 6 heteroatoms. The number of esters is 1. The Morgan fingerprint density at radius 3 is 1.43 bits per heavy atom. The Hall–Kier alpha value is -0.875. The third-order valence-electron chi connectivity index (χ3n) is 10.9. The topological polar surface area (TPSA) is 66.8 Å². The molecule has 2 unspecified atom stereocenters. The minimum atomic E-state index is 0.0551. The maximum Gasteiger partial charge on any atom is 0.308 e. The number of carbonyl (C=O) groups excluding carboxylic acids is 2. The van der Waals surface area contributed by atoms with Crippen molar-refractivity contribution in [3.8, 4) is 0 Å². The fourth-order valence-corrected chi connectivity index (χ4v) is 7.36. The average molecular weight is 719 g/mol. The first kappa shape index (κ1) is 50.1. The summed E-state index contributed by atoms with van der Waals surface area (Å²) in [5.41, 5.74) is 0.427. The van der Waals surface area contributed by atoms with Crippen LogP contribution in [0.4, 0.5) is 0 Å². The zero-order valence-corrected chi connectivity index (χ0v) is 35.0. The van der Waals surface area contributed by atoms with Gasteiger partial charge in [-0.2, -0.15) is 0 Å². The van der Waals surface area contributed by atoms with Crippen LogP contribution in [0, 0.1) is 11.8 Å². The maximum atomic E-state index is 12.8. The Labute approximate surface area is 320 Å². The molecule has 0 rings (SSSR count). The fraction of sp³-hybridized carbons (Fsp3) is 0.956. The van der Waals surface area contributed by atoms with Gasteiger partial charge in [0.05, 0.1) is 18.2 Å². The zero-order valence-electron chi connectivity index (χ0n) is 35.0. The monoisotopic (exact) mass is 719 g/mol. The number of hydrogen-bond donors (Lipinski definition) is 1. The molecule has 0 saturated carbocycles. The first-order valence-corrected chi connectivity index (χ1v) is 22.9. The molecule has 0 aliphatic heterocycles. The Morgan fingerprint density at radius 2 is 0.902 bits per heavy atom. The summed E-state index contributed by atoms with van der Waals surface area (Å²) in [4.78, 5) is 28.0. The van der Waals surface area contributed by atoms with Gasteiger partial charge in [0, 0.05) is 19.1 Å². The Balaban J connectivity index is 3.91. The van der Waals surface area contributed by atoms with Crippen LogP contribution in [0.1, 0.15) is 227 Å². The summed E-state index contributed by atoms with van der Waals surface area (Å²) in [6.45, 7) is 13.1. The minimum Gasteiger partial charge on any atom is -0.465 e. The van der Waals surface area contributed by atoms with E-state index in [0.717, 1.165) is 96.6 Å². The van der Waals surface area contributed by atoms with E-state index in [2.05, 4.69) is 32.6 Å². The number of nitrogens with zero attached hydrogens (tertiary/aromatic N) is 1. The summed E-state index contributed by atoms with van der Waals surface area (Å²) in [6, 6.07) is 0. The highest BCUT2D eigenvalue weighted by atomic mass is 16.5. The predicted molar refractivity (Wildman–Crippen MR) is 223 cm³/mol. The summed E-state index contributed by atoms with van der Waals surface area (Å²) in [6.07, 6.45) is 37.9. The Morgan fingerprint density at radius 1 is 0.490 bits per heavy atom. The first-order valence-electron chi connectivity index (χ1n) is 22.9. The highest BCUT2D eigenvalue weighted by Crippen LogP contribution is 2.21. The molecule has 0 fully saturated rings. The minimum absolute atomic E-state index is 0.0551. The van der Waals surface area contributed by atoms with Crippen LogP contribution in [0.3, 0.4) is 0 Å². The number of hydrogen-bond acceptors (Lipinski definition) is 5. The second-order valence-corrected chi connectivity index (χ2v) is 15.8.